The van der Waals surface area contributed by atoms with Gasteiger partial charge in [0.25, 0.3) is 0 Å². The Labute approximate surface area is 160 Å². The smallest absolute Gasteiger partial charge is 0.126 e. The number of pyridine rings is 1. The molecule has 3 rings (SSSR count). The molecule has 1 aromatic carbocycles. The number of aromatic nitrogens is 3. The molecule has 0 fully saturated rings. The minimum Gasteiger partial charge on any atom is -0.383 e. The van der Waals surface area contributed by atoms with Crippen LogP contribution in [0.3, 0.4) is 0 Å². The van der Waals surface area contributed by atoms with Gasteiger partial charge in [-0.25, -0.2) is 4.98 Å². The Hall–Kier alpha value is -1.63. The predicted molar refractivity (Wildman–Crippen MR) is 105 cm³/mol. The molecule has 0 bridgehead atoms. The molecular formula is C18H20BrClN4O. The Morgan fingerprint density at radius 3 is 2.84 bits per heavy atom. The number of benzene rings is 1. The number of methoxy groups -OCH3 is 1. The van der Waals surface area contributed by atoms with Gasteiger partial charge in [-0.1, -0.05) is 27.5 Å². The highest BCUT2D eigenvalue weighted by Gasteiger charge is 2.12. The minimum absolute atomic E-state index is 0.632. The van der Waals surface area contributed by atoms with Crippen molar-refractivity contribution in [2.24, 2.45) is 0 Å². The number of aryl methyl sites for hydroxylation is 1. The van der Waals surface area contributed by atoms with Crippen LogP contribution in [0.2, 0.25) is 5.02 Å². The third-order valence-corrected chi connectivity index (χ3v) is 4.94. The molecule has 0 aliphatic heterocycles. The largest absolute Gasteiger partial charge is 0.383 e. The molecule has 7 heteroatoms. The van der Waals surface area contributed by atoms with Crippen LogP contribution in [0, 0.1) is 13.8 Å². The van der Waals surface area contributed by atoms with Crippen LogP contribution in [-0.2, 0) is 17.8 Å². The highest BCUT2D eigenvalue weighted by molar-refractivity contribution is 9.10. The molecule has 2 heterocycles. The number of nitrogens with one attached hydrogen (secondary N) is 1. The molecule has 0 spiro atoms. The molecule has 0 saturated carbocycles. The second-order valence-electron chi connectivity index (χ2n) is 5.87. The predicted octanol–water partition coefficient (Wildman–Crippen LogP) is 4.72. The summed E-state index contributed by atoms with van der Waals surface area (Å²) < 4.78 is 8.07. The van der Waals surface area contributed by atoms with E-state index in [0.29, 0.717) is 18.2 Å². The molecule has 3 aromatic rings. The molecule has 0 aliphatic rings. The molecule has 0 aliphatic carbocycles. The van der Waals surface area contributed by atoms with E-state index in [1.165, 1.54) is 5.56 Å². The van der Waals surface area contributed by atoms with Crippen molar-refractivity contribution in [1.29, 1.82) is 0 Å². The van der Waals surface area contributed by atoms with E-state index in [2.05, 4.69) is 38.3 Å². The first-order chi connectivity index (χ1) is 12.0. The fraction of sp³-hybridized carbons (Fsp3) is 0.333. The van der Waals surface area contributed by atoms with Gasteiger partial charge in [0.15, 0.2) is 0 Å². The topological polar surface area (TPSA) is 52.0 Å². The molecule has 0 amide bonds. The Bertz CT molecular complexity index is 910. The number of hydrogen-bond acceptors (Lipinski definition) is 4. The molecule has 5 nitrogen and oxygen atoms in total. The lowest BCUT2D eigenvalue weighted by Crippen LogP contribution is -2.08. The minimum atomic E-state index is 0.632. The van der Waals surface area contributed by atoms with Crippen molar-refractivity contribution in [1.82, 2.24) is 14.8 Å². The van der Waals surface area contributed by atoms with Gasteiger partial charge in [0.1, 0.15) is 5.82 Å². The van der Waals surface area contributed by atoms with Crippen LogP contribution < -0.4 is 5.32 Å². The van der Waals surface area contributed by atoms with Crippen LogP contribution >= 0.6 is 27.5 Å². The maximum absolute atomic E-state index is 6.31. The number of fused-ring (bicyclic) bond motifs is 1. The first kappa shape index (κ1) is 18.2. The summed E-state index contributed by atoms with van der Waals surface area (Å²) in [7, 11) is 1.70. The fourth-order valence-corrected chi connectivity index (χ4v) is 3.70. The van der Waals surface area contributed by atoms with Crippen molar-refractivity contribution < 1.29 is 4.74 Å². The monoisotopic (exact) mass is 422 g/mol. The molecule has 0 unspecified atom stereocenters. The molecule has 25 heavy (non-hydrogen) atoms. The molecule has 1 N–H and O–H groups in total. The van der Waals surface area contributed by atoms with E-state index < -0.39 is 0 Å². The lowest BCUT2D eigenvalue weighted by molar-refractivity contribution is 0.182. The number of hydrogen-bond donors (Lipinski definition) is 1. The maximum Gasteiger partial charge on any atom is 0.126 e. The van der Waals surface area contributed by atoms with Gasteiger partial charge >= 0.3 is 0 Å². The average molecular weight is 424 g/mol. The highest BCUT2D eigenvalue weighted by atomic mass is 79.9. The normalized spacial score (nSPS) is 11.2. The van der Waals surface area contributed by atoms with Crippen LogP contribution in [-0.4, -0.2) is 28.5 Å². The van der Waals surface area contributed by atoms with Gasteiger partial charge in [0.2, 0.25) is 0 Å². The maximum atomic E-state index is 6.31. The molecule has 2 aromatic heterocycles. The summed E-state index contributed by atoms with van der Waals surface area (Å²) in [5.41, 5.74) is 4.13. The number of ether oxygens (including phenoxy) is 1. The molecular weight excluding hydrogens is 404 g/mol. The quantitative estimate of drug-likeness (QED) is 0.623. The third-order valence-electron chi connectivity index (χ3n) is 4.20. The van der Waals surface area contributed by atoms with Crippen LogP contribution in [0.15, 0.2) is 28.7 Å². The summed E-state index contributed by atoms with van der Waals surface area (Å²) in [5, 5.41) is 9.60. The Balaban J connectivity index is 1.80. The second kappa shape index (κ2) is 7.72. The van der Waals surface area contributed by atoms with Gasteiger partial charge in [-0.3, -0.25) is 4.68 Å². The number of nitrogens with zero attached hydrogens (tertiary/aromatic N) is 3. The van der Waals surface area contributed by atoms with Crippen molar-refractivity contribution >= 4 is 44.3 Å². The van der Waals surface area contributed by atoms with Gasteiger partial charge in [0.05, 0.1) is 29.4 Å². The Morgan fingerprint density at radius 1 is 1.28 bits per heavy atom. The summed E-state index contributed by atoms with van der Waals surface area (Å²) >= 11 is 9.76. The molecule has 132 valence electrons. The van der Waals surface area contributed by atoms with E-state index in [4.69, 9.17) is 16.3 Å². The summed E-state index contributed by atoms with van der Waals surface area (Å²) in [6, 6.07) is 7.84. The highest BCUT2D eigenvalue weighted by Crippen LogP contribution is 2.28. The van der Waals surface area contributed by atoms with Crippen LogP contribution in [0.25, 0.3) is 10.9 Å². The van der Waals surface area contributed by atoms with E-state index in [1.807, 2.05) is 35.9 Å². The van der Waals surface area contributed by atoms with Gasteiger partial charge in [-0.15, -0.1) is 0 Å². The second-order valence-corrected chi connectivity index (χ2v) is 7.20. The lowest BCUT2D eigenvalue weighted by Gasteiger charge is -2.09. The number of anilines is 1. The van der Waals surface area contributed by atoms with Crippen LogP contribution in [0.5, 0.6) is 0 Å². The summed E-state index contributed by atoms with van der Waals surface area (Å²) in [6.07, 6.45) is 0. The Morgan fingerprint density at radius 2 is 2.08 bits per heavy atom. The zero-order valence-corrected chi connectivity index (χ0v) is 16.8. The summed E-state index contributed by atoms with van der Waals surface area (Å²) in [4.78, 5) is 4.64. The number of halogens is 2. The SMILES string of the molecule is COCCn1nc(C)c(CNc2ccc3cc(Br)cc(Cl)c3n2)c1C. The van der Waals surface area contributed by atoms with Crippen LogP contribution in [0.4, 0.5) is 5.82 Å². The third kappa shape index (κ3) is 3.97. The standard InChI is InChI=1S/C18H20BrClN4O/c1-11-15(12(2)24(23-11)6-7-25-3)10-21-17-5-4-13-8-14(19)9-16(20)18(13)22-17/h4-5,8-9H,6-7,10H2,1-3H3,(H,21,22). The van der Waals surface area contributed by atoms with Crippen molar-refractivity contribution in [3.05, 3.63) is 50.7 Å². The van der Waals surface area contributed by atoms with Crippen molar-refractivity contribution in [2.45, 2.75) is 26.9 Å². The molecule has 0 saturated heterocycles. The van der Waals surface area contributed by atoms with Gasteiger partial charge < -0.3 is 10.1 Å². The van der Waals surface area contributed by atoms with Crippen LogP contribution in [0.1, 0.15) is 17.0 Å². The van der Waals surface area contributed by atoms with Crippen molar-refractivity contribution in [3.8, 4) is 0 Å². The van der Waals surface area contributed by atoms with E-state index in [9.17, 15) is 0 Å². The van der Waals surface area contributed by atoms with Crippen molar-refractivity contribution in [3.63, 3.8) is 0 Å². The Kier molecular flexibility index (Phi) is 5.61. The average Bonchev–Trinajstić information content (AvgIpc) is 2.85. The first-order valence-electron chi connectivity index (χ1n) is 8.01. The van der Waals surface area contributed by atoms with E-state index in [0.717, 1.165) is 39.1 Å². The summed E-state index contributed by atoms with van der Waals surface area (Å²) in [5.74, 6) is 0.792. The zero-order chi connectivity index (χ0) is 18.0. The van der Waals surface area contributed by atoms with E-state index >= 15 is 0 Å². The van der Waals surface area contributed by atoms with E-state index in [-0.39, 0.29) is 0 Å². The van der Waals surface area contributed by atoms with Crippen molar-refractivity contribution in [2.75, 3.05) is 19.0 Å². The fourth-order valence-electron chi connectivity index (χ4n) is 2.82. The molecule has 0 atom stereocenters. The van der Waals surface area contributed by atoms with Gasteiger partial charge in [0, 0.05) is 34.8 Å². The summed E-state index contributed by atoms with van der Waals surface area (Å²) in [6.45, 7) is 6.17. The lowest BCUT2D eigenvalue weighted by atomic mass is 10.2. The van der Waals surface area contributed by atoms with Gasteiger partial charge in [-0.2, -0.15) is 5.10 Å². The van der Waals surface area contributed by atoms with Gasteiger partial charge in [-0.05, 0) is 38.1 Å². The zero-order valence-electron chi connectivity index (χ0n) is 14.4. The molecule has 0 radical (unpaired) electrons. The van der Waals surface area contributed by atoms with E-state index in [1.54, 1.807) is 7.11 Å². The first-order valence-corrected chi connectivity index (χ1v) is 9.18. The number of rotatable bonds is 6.